The zero-order valence-electron chi connectivity index (χ0n) is 9.32. The van der Waals surface area contributed by atoms with Crippen molar-refractivity contribution in [2.75, 3.05) is 21.3 Å². The lowest BCUT2D eigenvalue weighted by Crippen LogP contribution is -2.16. The summed E-state index contributed by atoms with van der Waals surface area (Å²) >= 11 is 3.33. The molecule has 0 radical (unpaired) electrons. The Labute approximate surface area is 103 Å². The van der Waals surface area contributed by atoms with Crippen LogP contribution in [0, 0.1) is 0 Å². The molecule has 0 amide bonds. The van der Waals surface area contributed by atoms with Crippen molar-refractivity contribution in [1.82, 2.24) is 0 Å². The van der Waals surface area contributed by atoms with E-state index in [2.05, 4.69) is 20.7 Å². The number of carbonyl (C=O) groups is 1. The molecular formula is C11H13BrO4. The molecule has 16 heavy (non-hydrogen) atoms. The van der Waals surface area contributed by atoms with Crippen LogP contribution in [0.5, 0.6) is 5.75 Å². The van der Waals surface area contributed by atoms with Crippen LogP contribution in [0.25, 0.3) is 0 Å². The second kappa shape index (κ2) is 5.86. The van der Waals surface area contributed by atoms with Crippen LogP contribution in [0.4, 0.5) is 0 Å². The summed E-state index contributed by atoms with van der Waals surface area (Å²) in [6.45, 7) is 0. The van der Waals surface area contributed by atoms with Crippen LogP contribution in [0.3, 0.4) is 0 Å². The van der Waals surface area contributed by atoms with E-state index in [1.54, 1.807) is 25.3 Å². The van der Waals surface area contributed by atoms with Gasteiger partial charge >= 0.3 is 5.97 Å². The van der Waals surface area contributed by atoms with E-state index in [9.17, 15) is 4.79 Å². The number of benzene rings is 1. The molecule has 1 atom stereocenters. The highest BCUT2D eigenvalue weighted by molar-refractivity contribution is 9.10. The van der Waals surface area contributed by atoms with Crippen LogP contribution in [0.15, 0.2) is 22.7 Å². The Morgan fingerprint density at radius 3 is 2.44 bits per heavy atom. The molecule has 0 fully saturated rings. The zero-order chi connectivity index (χ0) is 12.1. The Morgan fingerprint density at radius 2 is 1.94 bits per heavy atom. The predicted octanol–water partition coefficient (Wildman–Crippen LogP) is 2.32. The summed E-state index contributed by atoms with van der Waals surface area (Å²) in [6, 6.07) is 5.32. The number of halogens is 1. The van der Waals surface area contributed by atoms with E-state index < -0.39 is 12.1 Å². The topological polar surface area (TPSA) is 44.8 Å². The highest BCUT2D eigenvalue weighted by Crippen LogP contribution is 2.27. The van der Waals surface area contributed by atoms with Gasteiger partial charge in [0, 0.05) is 11.6 Å². The van der Waals surface area contributed by atoms with Crippen LogP contribution in [0.1, 0.15) is 11.7 Å². The van der Waals surface area contributed by atoms with Gasteiger partial charge in [-0.3, -0.25) is 0 Å². The first kappa shape index (κ1) is 13.0. The molecule has 88 valence electrons. The first-order valence-corrected chi connectivity index (χ1v) is 5.36. The summed E-state index contributed by atoms with van der Waals surface area (Å²) in [4.78, 5) is 11.5. The number of esters is 1. The van der Waals surface area contributed by atoms with Gasteiger partial charge in [-0.1, -0.05) is 15.9 Å². The Kier molecular flexibility index (Phi) is 4.76. The van der Waals surface area contributed by atoms with Gasteiger partial charge in [-0.25, -0.2) is 4.79 Å². The van der Waals surface area contributed by atoms with Crippen molar-refractivity contribution >= 4 is 21.9 Å². The summed E-state index contributed by atoms with van der Waals surface area (Å²) < 4.78 is 15.7. The van der Waals surface area contributed by atoms with Crippen molar-refractivity contribution in [1.29, 1.82) is 0 Å². The van der Waals surface area contributed by atoms with Crippen LogP contribution in [-0.4, -0.2) is 27.3 Å². The minimum atomic E-state index is -0.739. The molecule has 5 heteroatoms. The van der Waals surface area contributed by atoms with Crippen LogP contribution < -0.4 is 4.74 Å². The highest BCUT2D eigenvalue weighted by Gasteiger charge is 2.21. The van der Waals surface area contributed by atoms with Crippen molar-refractivity contribution in [2.24, 2.45) is 0 Å². The molecular weight excluding hydrogens is 276 g/mol. The standard InChI is InChI=1S/C11H13BrO4/c1-14-9-5-7(4-8(12)6-9)10(15-2)11(13)16-3/h4-6,10H,1-3H3. The van der Waals surface area contributed by atoms with Crippen molar-refractivity contribution in [3.8, 4) is 5.75 Å². The SMILES string of the molecule is COC(=O)C(OC)c1cc(Br)cc(OC)c1. The van der Waals surface area contributed by atoms with Crippen molar-refractivity contribution in [2.45, 2.75) is 6.10 Å². The monoisotopic (exact) mass is 288 g/mol. The summed E-state index contributed by atoms with van der Waals surface area (Å²) in [6.07, 6.45) is -0.739. The Balaban J connectivity index is 3.09. The van der Waals surface area contributed by atoms with Gasteiger partial charge in [-0.15, -0.1) is 0 Å². The summed E-state index contributed by atoms with van der Waals surface area (Å²) in [7, 11) is 4.34. The molecule has 0 heterocycles. The average molecular weight is 289 g/mol. The normalized spacial score (nSPS) is 12.0. The summed E-state index contributed by atoms with van der Waals surface area (Å²) in [5.41, 5.74) is 0.681. The quantitative estimate of drug-likeness (QED) is 0.798. The number of rotatable bonds is 4. The fourth-order valence-electron chi connectivity index (χ4n) is 1.33. The molecule has 0 spiro atoms. The zero-order valence-corrected chi connectivity index (χ0v) is 10.9. The molecule has 0 saturated carbocycles. The molecule has 4 nitrogen and oxygen atoms in total. The van der Waals surface area contributed by atoms with E-state index >= 15 is 0 Å². The van der Waals surface area contributed by atoms with Crippen molar-refractivity contribution in [3.05, 3.63) is 28.2 Å². The van der Waals surface area contributed by atoms with Gasteiger partial charge in [0.05, 0.1) is 14.2 Å². The lowest BCUT2D eigenvalue weighted by atomic mass is 10.1. The van der Waals surface area contributed by atoms with E-state index in [0.717, 1.165) is 4.47 Å². The van der Waals surface area contributed by atoms with E-state index in [4.69, 9.17) is 9.47 Å². The van der Waals surface area contributed by atoms with Crippen LogP contribution in [-0.2, 0) is 14.3 Å². The number of carbonyl (C=O) groups excluding carboxylic acids is 1. The summed E-state index contributed by atoms with van der Waals surface area (Å²) in [5.74, 6) is 0.206. The Morgan fingerprint density at radius 1 is 1.25 bits per heavy atom. The largest absolute Gasteiger partial charge is 0.497 e. The fraction of sp³-hybridized carbons (Fsp3) is 0.364. The molecule has 0 aliphatic carbocycles. The smallest absolute Gasteiger partial charge is 0.339 e. The second-order valence-corrected chi connectivity index (χ2v) is 3.98. The first-order chi connectivity index (χ1) is 7.62. The number of hydrogen-bond acceptors (Lipinski definition) is 4. The molecule has 0 aliphatic heterocycles. The number of hydrogen-bond donors (Lipinski definition) is 0. The van der Waals surface area contributed by atoms with Crippen LogP contribution in [0.2, 0.25) is 0 Å². The molecule has 1 unspecified atom stereocenters. The van der Waals surface area contributed by atoms with Crippen molar-refractivity contribution < 1.29 is 19.0 Å². The van der Waals surface area contributed by atoms with Gasteiger partial charge in [-0.05, 0) is 23.8 Å². The van der Waals surface area contributed by atoms with E-state index in [1.165, 1.54) is 14.2 Å². The van der Waals surface area contributed by atoms with Gasteiger partial charge in [0.2, 0.25) is 0 Å². The molecule has 0 saturated heterocycles. The molecule has 1 aromatic carbocycles. The van der Waals surface area contributed by atoms with Gasteiger partial charge in [-0.2, -0.15) is 0 Å². The summed E-state index contributed by atoms with van der Waals surface area (Å²) in [5, 5.41) is 0. The molecule has 0 aliphatic rings. The number of ether oxygens (including phenoxy) is 3. The van der Waals surface area contributed by atoms with Gasteiger partial charge in [0.15, 0.2) is 6.10 Å². The molecule has 1 rings (SSSR count). The van der Waals surface area contributed by atoms with Gasteiger partial charge in [0.1, 0.15) is 5.75 Å². The minimum absolute atomic E-state index is 0.442. The Bertz CT molecular complexity index is 378. The van der Waals surface area contributed by atoms with Crippen LogP contribution >= 0.6 is 15.9 Å². The molecule has 0 N–H and O–H groups in total. The van der Waals surface area contributed by atoms with Crippen molar-refractivity contribution in [3.63, 3.8) is 0 Å². The second-order valence-electron chi connectivity index (χ2n) is 3.06. The van der Waals surface area contributed by atoms with E-state index in [1.807, 2.05) is 0 Å². The maximum atomic E-state index is 11.5. The van der Waals surface area contributed by atoms with E-state index in [0.29, 0.717) is 11.3 Å². The lowest BCUT2D eigenvalue weighted by molar-refractivity contribution is -0.152. The Hall–Kier alpha value is -1.07. The predicted molar refractivity (Wildman–Crippen MR) is 62.5 cm³/mol. The van der Waals surface area contributed by atoms with Gasteiger partial charge in [0.25, 0.3) is 0 Å². The third kappa shape index (κ3) is 2.96. The fourth-order valence-corrected chi connectivity index (χ4v) is 1.82. The number of methoxy groups -OCH3 is 3. The molecule has 1 aromatic rings. The minimum Gasteiger partial charge on any atom is -0.497 e. The highest BCUT2D eigenvalue weighted by atomic mass is 79.9. The van der Waals surface area contributed by atoms with E-state index in [-0.39, 0.29) is 0 Å². The molecule has 0 aromatic heterocycles. The third-order valence-electron chi connectivity index (χ3n) is 2.08. The first-order valence-electron chi connectivity index (χ1n) is 4.57. The maximum Gasteiger partial charge on any atom is 0.339 e. The maximum absolute atomic E-state index is 11.5. The average Bonchev–Trinajstić information content (AvgIpc) is 2.29. The lowest BCUT2D eigenvalue weighted by Gasteiger charge is -2.14. The third-order valence-corrected chi connectivity index (χ3v) is 2.54. The van der Waals surface area contributed by atoms with Gasteiger partial charge < -0.3 is 14.2 Å². The molecule has 0 bridgehead atoms.